The molecule has 5 nitrogen and oxygen atoms in total. The van der Waals surface area contributed by atoms with E-state index < -0.39 is 13.5 Å². The Kier molecular flexibility index (Phi) is 7.11. The van der Waals surface area contributed by atoms with E-state index in [1.807, 2.05) is 45.9 Å². The van der Waals surface area contributed by atoms with Gasteiger partial charge in [-0.2, -0.15) is 0 Å². The predicted molar refractivity (Wildman–Crippen MR) is 88.3 cm³/mol. The van der Waals surface area contributed by atoms with Gasteiger partial charge in [-0.05, 0) is 24.0 Å². The number of hydrogen-bond acceptors (Lipinski definition) is 4. The van der Waals surface area contributed by atoms with Crippen LogP contribution in [0.25, 0.3) is 0 Å². The van der Waals surface area contributed by atoms with Crippen LogP contribution in [0.2, 0.25) is 0 Å². The van der Waals surface area contributed by atoms with Crippen molar-refractivity contribution in [3.8, 4) is 5.75 Å². The number of carbonyl (C=O) groups excluding carboxylic acids is 1. The summed E-state index contributed by atoms with van der Waals surface area (Å²) in [5.74, 6) is 0.0951. The van der Waals surface area contributed by atoms with Gasteiger partial charge in [-0.25, -0.2) is 5.09 Å². The number of benzene rings is 1. The molecule has 124 valence electrons. The molecule has 0 radical (unpaired) electrons. The predicted octanol–water partition coefficient (Wildman–Crippen LogP) is 3.85. The topological polar surface area (TPSA) is 64.6 Å². The van der Waals surface area contributed by atoms with Gasteiger partial charge in [0.2, 0.25) is 0 Å². The number of esters is 1. The molecule has 0 aliphatic carbocycles. The first-order valence-electron chi connectivity index (χ1n) is 7.48. The summed E-state index contributed by atoms with van der Waals surface area (Å²) in [7, 11) is -3.11. The zero-order valence-corrected chi connectivity index (χ0v) is 14.7. The van der Waals surface area contributed by atoms with Crippen molar-refractivity contribution in [1.29, 1.82) is 0 Å². The Hall–Kier alpha value is -1.32. The van der Waals surface area contributed by atoms with Crippen molar-refractivity contribution >= 4 is 13.5 Å². The summed E-state index contributed by atoms with van der Waals surface area (Å²) in [6, 6.07) is 8.95. The maximum Gasteiger partial charge on any atom is 0.320 e. The average Bonchev–Trinajstić information content (AvgIpc) is 2.43. The molecule has 0 spiro atoms. The van der Waals surface area contributed by atoms with Gasteiger partial charge in [-0.15, -0.1) is 0 Å². The zero-order chi connectivity index (χ0) is 16.6. The van der Waals surface area contributed by atoms with Crippen molar-refractivity contribution in [3.05, 3.63) is 30.3 Å². The highest BCUT2D eigenvalue weighted by Gasteiger charge is 2.25. The van der Waals surface area contributed by atoms with Crippen LogP contribution in [0.3, 0.4) is 0 Å². The zero-order valence-electron chi connectivity index (χ0n) is 13.8. The third-order valence-corrected chi connectivity index (χ3v) is 4.83. The number of carbonyl (C=O) groups is 1. The lowest BCUT2D eigenvalue weighted by atomic mass is 9.99. The van der Waals surface area contributed by atoms with E-state index in [0.717, 1.165) is 0 Å². The lowest BCUT2D eigenvalue weighted by molar-refractivity contribution is -0.144. The minimum Gasteiger partial charge on any atom is -0.464 e. The smallest absolute Gasteiger partial charge is 0.320 e. The van der Waals surface area contributed by atoms with E-state index >= 15 is 0 Å². The van der Waals surface area contributed by atoms with Crippen LogP contribution in [-0.2, 0) is 14.1 Å². The van der Waals surface area contributed by atoms with Crippen molar-refractivity contribution in [1.82, 2.24) is 5.09 Å². The number of para-hydroxylation sites is 1. The van der Waals surface area contributed by atoms with E-state index in [4.69, 9.17) is 9.26 Å². The van der Waals surface area contributed by atoms with Crippen LogP contribution in [0, 0.1) is 5.41 Å². The molecule has 0 aliphatic heterocycles. The Morgan fingerprint density at radius 2 is 1.86 bits per heavy atom. The third-order valence-electron chi connectivity index (χ3n) is 2.64. The minimum absolute atomic E-state index is 0.0939. The second-order valence-electron chi connectivity index (χ2n) is 6.36. The van der Waals surface area contributed by atoms with Gasteiger partial charge in [0, 0.05) is 6.16 Å². The van der Waals surface area contributed by atoms with E-state index in [2.05, 4.69) is 5.09 Å². The fourth-order valence-corrected chi connectivity index (χ4v) is 3.37. The summed E-state index contributed by atoms with van der Waals surface area (Å²) in [6.07, 6.45) is 1.04. The summed E-state index contributed by atoms with van der Waals surface area (Å²) in [5.41, 5.74) is -0.0939. The summed E-state index contributed by atoms with van der Waals surface area (Å²) in [4.78, 5) is 11.7. The molecule has 1 rings (SSSR count). The van der Waals surface area contributed by atoms with Gasteiger partial charge in [0.15, 0.2) is 0 Å². The Morgan fingerprint density at radius 1 is 1.23 bits per heavy atom. The van der Waals surface area contributed by atoms with Crippen molar-refractivity contribution in [2.24, 2.45) is 5.41 Å². The van der Waals surface area contributed by atoms with E-state index in [1.54, 1.807) is 12.1 Å². The largest absolute Gasteiger partial charge is 0.464 e. The van der Waals surface area contributed by atoms with Crippen molar-refractivity contribution < 1.29 is 18.6 Å². The first kappa shape index (κ1) is 18.7. The quantitative estimate of drug-likeness (QED) is 0.580. The number of nitrogens with one attached hydrogen (secondary N) is 1. The molecule has 1 N–H and O–H groups in total. The molecule has 0 aliphatic rings. The van der Waals surface area contributed by atoms with Crippen molar-refractivity contribution in [2.75, 3.05) is 19.3 Å². The van der Waals surface area contributed by atoms with Crippen LogP contribution in [0.5, 0.6) is 5.75 Å². The molecular weight excluding hydrogens is 301 g/mol. The Bertz CT molecular complexity index is 511. The van der Waals surface area contributed by atoms with Crippen LogP contribution in [0.1, 0.15) is 34.1 Å². The second kappa shape index (κ2) is 8.35. The molecule has 1 atom stereocenters. The summed E-state index contributed by atoms with van der Waals surface area (Å²) in [5, 5.41) is 2.74. The van der Waals surface area contributed by atoms with E-state index in [0.29, 0.717) is 24.9 Å². The second-order valence-corrected chi connectivity index (χ2v) is 8.65. The molecule has 1 unspecified atom stereocenters. The SMILES string of the molecule is CCCP(=O)(NCC(=O)OCC(C)(C)C)Oc1ccccc1. The molecule has 1 aromatic carbocycles. The molecule has 0 saturated carbocycles. The summed E-state index contributed by atoms with van der Waals surface area (Å²) in [6.45, 7) is 8.06. The van der Waals surface area contributed by atoms with Crippen LogP contribution in [0.4, 0.5) is 0 Å². The highest BCUT2D eigenvalue weighted by molar-refractivity contribution is 7.57. The number of rotatable bonds is 8. The molecule has 0 saturated heterocycles. The Balaban J connectivity index is 2.56. The number of hydrogen-bond donors (Lipinski definition) is 1. The van der Waals surface area contributed by atoms with Crippen molar-refractivity contribution in [3.63, 3.8) is 0 Å². The third kappa shape index (κ3) is 7.62. The molecule has 1 aromatic rings. The number of ether oxygens (including phenoxy) is 1. The van der Waals surface area contributed by atoms with E-state index in [1.165, 1.54) is 0 Å². The fraction of sp³-hybridized carbons (Fsp3) is 0.562. The molecule has 22 heavy (non-hydrogen) atoms. The Labute approximate surface area is 132 Å². The van der Waals surface area contributed by atoms with Gasteiger partial charge in [0.1, 0.15) is 12.3 Å². The van der Waals surface area contributed by atoms with Crippen LogP contribution >= 0.6 is 7.52 Å². The summed E-state index contributed by atoms with van der Waals surface area (Å²) >= 11 is 0. The van der Waals surface area contributed by atoms with E-state index in [9.17, 15) is 9.36 Å². The monoisotopic (exact) mass is 327 g/mol. The molecule has 0 bridgehead atoms. The van der Waals surface area contributed by atoms with Crippen LogP contribution < -0.4 is 9.61 Å². The van der Waals surface area contributed by atoms with Gasteiger partial charge in [0.25, 0.3) is 0 Å². The molecule has 0 aromatic heterocycles. The molecule has 0 fully saturated rings. The first-order chi connectivity index (χ1) is 10.2. The standard InChI is InChI=1S/C16H26NO4P/c1-5-11-22(19,21-14-9-7-6-8-10-14)17-12-15(18)20-13-16(2,3)4/h6-10H,5,11-13H2,1-4H3,(H,17,19). The van der Waals surface area contributed by atoms with Gasteiger partial charge < -0.3 is 9.26 Å². The van der Waals surface area contributed by atoms with Gasteiger partial charge in [0.05, 0.1) is 6.61 Å². The normalized spacial score (nSPS) is 14.2. The van der Waals surface area contributed by atoms with Crippen LogP contribution in [0.15, 0.2) is 30.3 Å². The lowest BCUT2D eigenvalue weighted by Crippen LogP contribution is -2.28. The molecular formula is C16H26NO4P. The maximum atomic E-state index is 12.7. The van der Waals surface area contributed by atoms with Crippen molar-refractivity contribution in [2.45, 2.75) is 34.1 Å². The average molecular weight is 327 g/mol. The van der Waals surface area contributed by atoms with Gasteiger partial charge in [-0.3, -0.25) is 9.36 Å². The molecule has 0 amide bonds. The fourth-order valence-electron chi connectivity index (χ4n) is 1.64. The van der Waals surface area contributed by atoms with Gasteiger partial charge in [-0.1, -0.05) is 45.9 Å². The van der Waals surface area contributed by atoms with Gasteiger partial charge >= 0.3 is 13.5 Å². The highest BCUT2D eigenvalue weighted by atomic mass is 31.2. The lowest BCUT2D eigenvalue weighted by Gasteiger charge is -2.21. The van der Waals surface area contributed by atoms with E-state index in [-0.39, 0.29) is 12.0 Å². The highest BCUT2D eigenvalue weighted by Crippen LogP contribution is 2.43. The summed E-state index contributed by atoms with van der Waals surface area (Å²) < 4.78 is 23.5. The minimum atomic E-state index is -3.11. The van der Waals surface area contributed by atoms with Crippen LogP contribution in [-0.4, -0.2) is 25.3 Å². The molecule has 0 heterocycles. The Morgan fingerprint density at radius 3 is 2.41 bits per heavy atom. The molecule has 6 heteroatoms. The maximum absolute atomic E-state index is 12.7. The first-order valence-corrected chi connectivity index (χ1v) is 9.29.